The van der Waals surface area contributed by atoms with E-state index in [1.165, 1.54) is 7.05 Å². The van der Waals surface area contributed by atoms with Gasteiger partial charge in [-0.2, -0.15) is 13.1 Å². The summed E-state index contributed by atoms with van der Waals surface area (Å²) in [5, 5.41) is 0. The average molecular weight is 266 g/mol. The molecular weight excluding hydrogens is 244 g/mol. The molecule has 17 heavy (non-hydrogen) atoms. The van der Waals surface area contributed by atoms with Crippen molar-refractivity contribution in [3.8, 4) is 0 Å². The highest BCUT2D eigenvalue weighted by atomic mass is 32.2. The zero-order chi connectivity index (χ0) is 13.9. The van der Waals surface area contributed by atoms with Crippen LogP contribution in [0.2, 0.25) is 0 Å². The standard InChI is InChI=1S/C10H22N2O4S/c1-7(2)8(12-17(14,15)11-6)9(13)16-10(3,4)5/h7-8,11-12H,1-6H3/t8-/m1/s1. The molecule has 0 aliphatic heterocycles. The Bertz CT molecular complexity index is 357. The van der Waals surface area contributed by atoms with Crippen molar-refractivity contribution < 1.29 is 17.9 Å². The van der Waals surface area contributed by atoms with Crippen LogP contribution >= 0.6 is 0 Å². The smallest absolute Gasteiger partial charge is 0.325 e. The summed E-state index contributed by atoms with van der Waals surface area (Å²) >= 11 is 0. The van der Waals surface area contributed by atoms with Gasteiger partial charge in [0.15, 0.2) is 0 Å². The summed E-state index contributed by atoms with van der Waals surface area (Å²) in [6.45, 7) is 8.68. The second kappa shape index (κ2) is 5.79. The van der Waals surface area contributed by atoms with Crippen molar-refractivity contribution in [3.05, 3.63) is 0 Å². The average Bonchev–Trinajstić information content (AvgIpc) is 2.11. The first-order valence-corrected chi connectivity index (χ1v) is 6.90. The molecule has 0 saturated heterocycles. The molecule has 6 nitrogen and oxygen atoms in total. The lowest BCUT2D eigenvalue weighted by Gasteiger charge is -2.26. The number of carbonyl (C=O) groups is 1. The summed E-state index contributed by atoms with van der Waals surface area (Å²) in [7, 11) is -2.39. The molecule has 0 aliphatic carbocycles. The Morgan fingerprint density at radius 2 is 1.71 bits per heavy atom. The number of hydrogen-bond donors (Lipinski definition) is 2. The highest BCUT2D eigenvalue weighted by molar-refractivity contribution is 7.87. The molecule has 0 amide bonds. The lowest BCUT2D eigenvalue weighted by molar-refractivity contribution is -0.158. The third-order valence-corrected chi connectivity index (χ3v) is 2.98. The fourth-order valence-corrected chi connectivity index (χ4v) is 1.87. The molecule has 0 aromatic carbocycles. The van der Waals surface area contributed by atoms with Gasteiger partial charge in [0, 0.05) is 7.05 Å². The third-order valence-electron chi connectivity index (χ3n) is 1.88. The number of hydrogen-bond acceptors (Lipinski definition) is 4. The normalized spacial score (nSPS) is 14.8. The van der Waals surface area contributed by atoms with E-state index in [4.69, 9.17) is 4.74 Å². The Morgan fingerprint density at radius 1 is 1.24 bits per heavy atom. The van der Waals surface area contributed by atoms with Crippen LogP contribution < -0.4 is 9.44 Å². The zero-order valence-corrected chi connectivity index (χ0v) is 12.0. The third kappa shape index (κ3) is 6.60. The molecule has 1 atom stereocenters. The fraction of sp³-hybridized carbons (Fsp3) is 0.900. The first kappa shape index (κ1) is 16.3. The predicted octanol–water partition coefficient (Wildman–Crippen LogP) is 0.407. The monoisotopic (exact) mass is 266 g/mol. The summed E-state index contributed by atoms with van der Waals surface area (Å²) in [4.78, 5) is 11.8. The number of nitrogens with one attached hydrogen (secondary N) is 2. The van der Waals surface area contributed by atoms with Crippen molar-refractivity contribution in [2.45, 2.75) is 46.3 Å². The van der Waals surface area contributed by atoms with Gasteiger partial charge in [-0.05, 0) is 26.7 Å². The molecule has 0 rings (SSSR count). The van der Waals surface area contributed by atoms with E-state index in [1.54, 1.807) is 34.6 Å². The van der Waals surface area contributed by atoms with Crippen molar-refractivity contribution in [3.63, 3.8) is 0 Å². The Morgan fingerprint density at radius 3 is 2.00 bits per heavy atom. The molecule has 7 heteroatoms. The summed E-state index contributed by atoms with van der Waals surface area (Å²) in [6, 6.07) is -0.897. The van der Waals surface area contributed by atoms with Crippen LogP contribution in [0.3, 0.4) is 0 Å². The Kier molecular flexibility index (Phi) is 5.57. The number of rotatable bonds is 5. The van der Waals surface area contributed by atoms with Crippen molar-refractivity contribution in [1.82, 2.24) is 9.44 Å². The van der Waals surface area contributed by atoms with Gasteiger partial charge < -0.3 is 4.74 Å². The van der Waals surface area contributed by atoms with Crippen LogP contribution in [-0.4, -0.2) is 33.1 Å². The molecule has 0 fully saturated rings. The van der Waals surface area contributed by atoms with Crippen LogP contribution in [0.1, 0.15) is 34.6 Å². The van der Waals surface area contributed by atoms with Crippen LogP contribution in [-0.2, 0) is 19.7 Å². The fourth-order valence-electron chi connectivity index (χ4n) is 1.05. The number of carbonyl (C=O) groups excluding carboxylic acids is 1. The molecule has 0 bridgehead atoms. The zero-order valence-electron chi connectivity index (χ0n) is 11.2. The van der Waals surface area contributed by atoms with Crippen molar-refractivity contribution in [2.75, 3.05) is 7.05 Å². The van der Waals surface area contributed by atoms with Gasteiger partial charge in [0.1, 0.15) is 11.6 Å². The minimum absolute atomic E-state index is 0.201. The molecule has 0 heterocycles. The van der Waals surface area contributed by atoms with E-state index in [0.717, 1.165) is 0 Å². The highest BCUT2D eigenvalue weighted by Crippen LogP contribution is 2.12. The largest absolute Gasteiger partial charge is 0.459 e. The van der Waals surface area contributed by atoms with Crippen LogP contribution in [0.5, 0.6) is 0 Å². The van der Waals surface area contributed by atoms with Gasteiger partial charge in [-0.3, -0.25) is 4.79 Å². The second-order valence-corrected chi connectivity index (χ2v) is 6.73. The summed E-state index contributed by atoms with van der Waals surface area (Å²) in [6.07, 6.45) is 0. The number of esters is 1. The van der Waals surface area contributed by atoms with E-state index in [1.807, 2.05) is 0 Å². The van der Waals surface area contributed by atoms with Gasteiger partial charge in [-0.1, -0.05) is 13.8 Å². The van der Waals surface area contributed by atoms with Gasteiger partial charge in [-0.15, -0.1) is 0 Å². The van der Waals surface area contributed by atoms with E-state index < -0.39 is 27.8 Å². The molecule has 2 N–H and O–H groups in total. The molecule has 0 aromatic heterocycles. The summed E-state index contributed by atoms with van der Waals surface area (Å²) < 4.78 is 32.2. The molecule has 0 spiro atoms. The minimum Gasteiger partial charge on any atom is -0.459 e. The first-order valence-electron chi connectivity index (χ1n) is 5.42. The minimum atomic E-state index is -3.67. The van der Waals surface area contributed by atoms with Crippen LogP contribution in [0, 0.1) is 5.92 Å². The maximum atomic E-state index is 11.8. The quantitative estimate of drug-likeness (QED) is 0.706. The van der Waals surface area contributed by atoms with Crippen molar-refractivity contribution in [2.24, 2.45) is 5.92 Å². The van der Waals surface area contributed by atoms with Gasteiger partial charge in [0.2, 0.25) is 0 Å². The van der Waals surface area contributed by atoms with E-state index in [9.17, 15) is 13.2 Å². The van der Waals surface area contributed by atoms with E-state index in [-0.39, 0.29) is 5.92 Å². The molecule has 0 aliphatic rings. The summed E-state index contributed by atoms with van der Waals surface area (Å²) in [5.74, 6) is -0.778. The first-order chi connectivity index (χ1) is 7.48. The molecule has 0 radical (unpaired) electrons. The Labute approximate surface area is 103 Å². The SMILES string of the molecule is CNS(=O)(=O)N[C@@H](C(=O)OC(C)(C)C)C(C)C. The van der Waals surface area contributed by atoms with Gasteiger partial charge in [0.05, 0.1) is 0 Å². The maximum Gasteiger partial charge on any atom is 0.325 e. The van der Waals surface area contributed by atoms with E-state index >= 15 is 0 Å². The topological polar surface area (TPSA) is 84.5 Å². The molecular formula is C10H22N2O4S. The van der Waals surface area contributed by atoms with Crippen molar-refractivity contribution >= 4 is 16.2 Å². The van der Waals surface area contributed by atoms with Crippen LogP contribution in [0.25, 0.3) is 0 Å². The Hall–Kier alpha value is -0.660. The van der Waals surface area contributed by atoms with E-state index in [0.29, 0.717) is 0 Å². The molecule has 0 aromatic rings. The van der Waals surface area contributed by atoms with Gasteiger partial charge in [-0.25, -0.2) is 4.72 Å². The molecule has 0 unspecified atom stereocenters. The number of ether oxygens (including phenoxy) is 1. The highest BCUT2D eigenvalue weighted by Gasteiger charge is 2.30. The van der Waals surface area contributed by atoms with Crippen molar-refractivity contribution in [1.29, 1.82) is 0 Å². The summed E-state index contributed by atoms with van der Waals surface area (Å²) in [5.41, 5.74) is -0.644. The predicted molar refractivity (Wildman–Crippen MR) is 65.6 cm³/mol. The lowest BCUT2D eigenvalue weighted by atomic mass is 10.1. The maximum absolute atomic E-state index is 11.8. The van der Waals surface area contributed by atoms with Gasteiger partial charge >= 0.3 is 5.97 Å². The van der Waals surface area contributed by atoms with Gasteiger partial charge in [0.25, 0.3) is 10.2 Å². The second-order valence-electron chi connectivity index (χ2n) is 5.08. The van der Waals surface area contributed by atoms with E-state index in [2.05, 4.69) is 9.44 Å². The van der Waals surface area contributed by atoms with Crippen LogP contribution in [0.15, 0.2) is 0 Å². The van der Waals surface area contributed by atoms with Crippen LogP contribution in [0.4, 0.5) is 0 Å². The molecule has 0 saturated carbocycles. The lowest BCUT2D eigenvalue weighted by Crippen LogP contribution is -2.50. The Balaban J connectivity index is 4.83. The molecule has 102 valence electrons.